The van der Waals surface area contributed by atoms with E-state index in [4.69, 9.17) is 4.42 Å². The molecule has 0 saturated carbocycles. The fourth-order valence-corrected chi connectivity index (χ4v) is 11.4. The van der Waals surface area contributed by atoms with Gasteiger partial charge in [0.15, 0.2) is 0 Å². The number of aromatic nitrogens is 1. The minimum Gasteiger partial charge on any atom is -0.456 e. The largest absolute Gasteiger partial charge is 0.456 e. The van der Waals surface area contributed by atoms with Gasteiger partial charge in [-0.3, -0.25) is 0 Å². The highest BCUT2D eigenvalue weighted by Crippen LogP contribution is 2.49. The van der Waals surface area contributed by atoms with Gasteiger partial charge in [0.2, 0.25) is 0 Å². The lowest BCUT2D eigenvalue weighted by Gasteiger charge is -2.32. The number of furan rings is 1. The van der Waals surface area contributed by atoms with Crippen LogP contribution in [0.5, 0.6) is 0 Å². The number of hydrogen-bond acceptors (Lipinski definition) is 2. The molecule has 0 spiro atoms. The average Bonchev–Trinajstić information content (AvgIpc) is 3.80. The fourth-order valence-electron chi connectivity index (χ4n) is 11.4. The highest BCUT2D eigenvalue weighted by atomic mass is 16.3. The van der Waals surface area contributed by atoms with E-state index in [0.29, 0.717) is 0 Å². The first-order chi connectivity index (χ1) is 30.6. The van der Waals surface area contributed by atoms with Crippen molar-refractivity contribution in [3.8, 4) is 5.69 Å². The standard InChI is InChI=1S/C59H44N2O/c1-36-44(29-30-53(60-59(36)49-22-12-17-37-13-4-7-19-46(37)49)42-27-28-47-41(31-42)26-25-38-14-5-6-18-45(38)47)52-34-43(35-57-58(52)50-21-9-11-24-56(50)62-57)61-54-23-10-8-20-48(54)51-32-39-15-2-3-16-40(39)33-55(51)61/h2-28,31-36,44,53,59-60H,29-30H2,1H3/t36-,44?,53?,59?/m0/s1. The Morgan fingerprint density at radius 1 is 0.452 bits per heavy atom. The van der Waals surface area contributed by atoms with Crippen molar-refractivity contribution in [2.45, 2.75) is 37.8 Å². The highest BCUT2D eigenvalue weighted by molar-refractivity contribution is 6.14. The summed E-state index contributed by atoms with van der Waals surface area (Å²) in [6.07, 6.45) is 2.02. The Hall–Kier alpha value is -7.20. The number of para-hydroxylation sites is 2. The molecule has 4 atom stereocenters. The van der Waals surface area contributed by atoms with Crippen molar-refractivity contribution in [1.29, 1.82) is 0 Å². The maximum atomic E-state index is 6.89. The molecule has 12 aromatic rings. The molecule has 296 valence electrons. The number of nitrogens with zero attached hydrogens (tertiary/aromatic N) is 1. The Morgan fingerprint density at radius 3 is 1.97 bits per heavy atom. The molecule has 0 amide bonds. The van der Waals surface area contributed by atoms with Gasteiger partial charge in [0.1, 0.15) is 11.2 Å². The van der Waals surface area contributed by atoms with Crippen molar-refractivity contribution in [3.05, 3.63) is 211 Å². The number of hydrogen-bond donors (Lipinski definition) is 1. The predicted molar refractivity (Wildman–Crippen MR) is 261 cm³/mol. The smallest absolute Gasteiger partial charge is 0.137 e. The van der Waals surface area contributed by atoms with Crippen LogP contribution in [0.4, 0.5) is 0 Å². The van der Waals surface area contributed by atoms with E-state index in [9.17, 15) is 0 Å². The van der Waals surface area contributed by atoms with Crippen LogP contribution in [0.2, 0.25) is 0 Å². The van der Waals surface area contributed by atoms with E-state index < -0.39 is 0 Å². The van der Waals surface area contributed by atoms with E-state index in [1.165, 1.54) is 92.4 Å². The summed E-state index contributed by atoms with van der Waals surface area (Å²) in [5.74, 6) is 0.461. The zero-order valence-electron chi connectivity index (χ0n) is 34.6. The molecule has 10 aromatic carbocycles. The van der Waals surface area contributed by atoms with Gasteiger partial charge in [-0.25, -0.2) is 0 Å². The van der Waals surface area contributed by atoms with Crippen LogP contribution in [0.15, 0.2) is 199 Å². The lowest BCUT2D eigenvalue weighted by atomic mass is 9.76. The van der Waals surface area contributed by atoms with Gasteiger partial charge in [-0.05, 0) is 121 Å². The van der Waals surface area contributed by atoms with Crippen LogP contribution in [-0.4, -0.2) is 4.57 Å². The number of nitrogens with one attached hydrogen (secondary N) is 1. The summed E-state index contributed by atoms with van der Waals surface area (Å²) in [7, 11) is 0. The Labute approximate surface area is 359 Å². The fraction of sp³-hybridized carbons (Fsp3) is 0.119. The van der Waals surface area contributed by atoms with Crippen molar-refractivity contribution in [2.75, 3.05) is 0 Å². The van der Waals surface area contributed by atoms with E-state index in [1.807, 2.05) is 0 Å². The molecule has 1 fully saturated rings. The topological polar surface area (TPSA) is 30.1 Å². The first-order valence-electron chi connectivity index (χ1n) is 22.2. The van der Waals surface area contributed by atoms with Crippen molar-refractivity contribution >= 4 is 86.8 Å². The van der Waals surface area contributed by atoms with Crippen molar-refractivity contribution in [2.24, 2.45) is 5.92 Å². The SMILES string of the molecule is C[C@H]1C(c2cc(-n3c4ccccc4c4cc5ccccc5cc43)cc3oc4ccccc4c23)CCC(c2ccc3c(ccc4ccccc43)c2)NC1c1cccc2ccccc12. The van der Waals surface area contributed by atoms with Crippen LogP contribution in [0, 0.1) is 5.92 Å². The Kier molecular flexibility index (Phi) is 7.98. The summed E-state index contributed by atoms with van der Waals surface area (Å²) in [6.45, 7) is 2.49. The average molecular weight is 797 g/mol. The third kappa shape index (κ3) is 5.48. The molecular weight excluding hydrogens is 753 g/mol. The molecule has 0 aliphatic carbocycles. The summed E-state index contributed by atoms with van der Waals surface area (Å²) in [6, 6.07) is 72.3. The Bertz CT molecular complexity index is 3730. The Balaban J connectivity index is 1.03. The summed E-state index contributed by atoms with van der Waals surface area (Å²) in [4.78, 5) is 0. The first-order valence-corrected chi connectivity index (χ1v) is 22.2. The molecule has 1 saturated heterocycles. The van der Waals surface area contributed by atoms with Gasteiger partial charge in [0.05, 0.1) is 16.7 Å². The summed E-state index contributed by atoms with van der Waals surface area (Å²) >= 11 is 0. The molecule has 62 heavy (non-hydrogen) atoms. The summed E-state index contributed by atoms with van der Waals surface area (Å²) in [5, 5.41) is 19.6. The van der Waals surface area contributed by atoms with Crippen molar-refractivity contribution in [3.63, 3.8) is 0 Å². The quantitative estimate of drug-likeness (QED) is 0.180. The molecule has 3 heteroatoms. The number of benzene rings is 10. The minimum atomic E-state index is 0.0855. The van der Waals surface area contributed by atoms with Crippen LogP contribution in [-0.2, 0) is 0 Å². The molecule has 3 heterocycles. The van der Waals surface area contributed by atoms with Gasteiger partial charge in [0.25, 0.3) is 0 Å². The zero-order chi connectivity index (χ0) is 40.9. The maximum absolute atomic E-state index is 6.89. The molecule has 3 nitrogen and oxygen atoms in total. The van der Waals surface area contributed by atoms with Crippen LogP contribution in [0.25, 0.3) is 92.5 Å². The van der Waals surface area contributed by atoms with Gasteiger partial charge in [-0.2, -0.15) is 0 Å². The van der Waals surface area contributed by atoms with Crippen LogP contribution >= 0.6 is 0 Å². The third-order valence-corrected chi connectivity index (χ3v) is 14.3. The van der Waals surface area contributed by atoms with E-state index in [0.717, 1.165) is 29.7 Å². The molecule has 1 N–H and O–H groups in total. The van der Waals surface area contributed by atoms with Gasteiger partial charge in [-0.15, -0.1) is 0 Å². The summed E-state index contributed by atoms with van der Waals surface area (Å²) in [5.41, 5.74) is 9.48. The molecular formula is C59H44N2O. The maximum Gasteiger partial charge on any atom is 0.137 e. The first kappa shape index (κ1) is 35.5. The van der Waals surface area contributed by atoms with Crippen LogP contribution < -0.4 is 5.32 Å². The monoisotopic (exact) mass is 796 g/mol. The lowest BCUT2D eigenvalue weighted by molar-refractivity contribution is 0.346. The molecule has 13 rings (SSSR count). The number of fused-ring (bicyclic) bond motifs is 11. The second-order valence-corrected chi connectivity index (χ2v) is 17.7. The van der Waals surface area contributed by atoms with E-state index >= 15 is 0 Å². The highest BCUT2D eigenvalue weighted by Gasteiger charge is 2.36. The third-order valence-electron chi connectivity index (χ3n) is 14.3. The van der Waals surface area contributed by atoms with Gasteiger partial charge in [-0.1, -0.05) is 159 Å². The molecule has 1 aliphatic heterocycles. The Morgan fingerprint density at radius 2 is 1.11 bits per heavy atom. The molecule has 0 bridgehead atoms. The van der Waals surface area contributed by atoms with Crippen molar-refractivity contribution in [1.82, 2.24) is 9.88 Å². The molecule has 1 aliphatic rings. The second-order valence-electron chi connectivity index (χ2n) is 17.7. The lowest BCUT2D eigenvalue weighted by Crippen LogP contribution is -2.30. The predicted octanol–water partition coefficient (Wildman–Crippen LogP) is 15.9. The summed E-state index contributed by atoms with van der Waals surface area (Å²) < 4.78 is 9.37. The van der Waals surface area contributed by atoms with Gasteiger partial charge in [0, 0.05) is 39.7 Å². The van der Waals surface area contributed by atoms with E-state index in [-0.39, 0.29) is 23.9 Å². The van der Waals surface area contributed by atoms with Crippen LogP contribution in [0.1, 0.15) is 54.5 Å². The van der Waals surface area contributed by atoms with Crippen LogP contribution in [0.3, 0.4) is 0 Å². The molecule has 0 radical (unpaired) electrons. The molecule has 2 aromatic heterocycles. The van der Waals surface area contributed by atoms with Crippen molar-refractivity contribution < 1.29 is 4.42 Å². The number of rotatable bonds is 4. The van der Waals surface area contributed by atoms with Gasteiger partial charge >= 0.3 is 0 Å². The second kappa shape index (κ2) is 13.9. The molecule has 3 unspecified atom stereocenters. The minimum absolute atomic E-state index is 0.0855. The van der Waals surface area contributed by atoms with E-state index in [2.05, 4.69) is 211 Å². The zero-order valence-corrected chi connectivity index (χ0v) is 34.6. The van der Waals surface area contributed by atoms with Gasteiger partial charge < -0.3 is 14.3 Å². The van der Waals surface area contributed by atoms with E-state index in [1.54, 1.807) is 0 Å². The normalized spacial score (nSPS) is 18.5.